The molecule has 0 spiro atoms. The number of piperidine rings is 1. The Balaban J connectivity index is 1.51. The molecule has 160 valence electrons. The van der Waals surface area contributed by atoms with E-state index in [-0.39, 0.29) is 10.8 Å². The van der Waals surface area contributed by atoms with Gasteiger partial charge < -0.3 is 10.1 Å². The summed E-state index contributed by atoms with van der Waals surface area (Å²) in [5.41, 5.74) is 0.457. The molecule has 6 nitrogen and oxygen atoms in total. The number of carbonyl (C=O) groups excluding carboxylic acids is 1. The first-order valence-electron chi connectivity index (χ1n) is 11.0. The van der Waals surface area contributed by atoms with Crippen LogP contribution in [-0.2, 0) is 14.8 Å². The molecule has 7 heteroatoms. The van der Waals surface area contributed by atoms with Crippen LogP contribution in [-0.4, -0.2) is 38.3 Å². The number of amides is 1. The van der Waals surface area contributed by atoms with Crippen LogP contribution in [0, 0.1) is 17.8 Å². The van der Waals surface area contributed by atoms with Gasteiger partial charge in [0.05, 0.1) is 17.2 Å². The summed E-state index contributed by atoms with van der Waals surface area (Å²) in [4.78, 5) is 13.0. The zero-order chi connectivity index (χ0) is 20.4. The van der Waals surface area contributed by atoms with Gasteiger partial charge in [0, 0.05) is 19.5 Å². The molecule has 1 N–H and O–H groups in total. The summed E-state index contributed by atoms with van der Waals surface area (Å²) >= 11 is 0. The average molecular weight is 421 g/mol. The molecular weight excluding hydrogens is 388 g/mol. The summed E-state index contributed by atoms with van der Waals surface area (Å²) in [7, 11) is -3.55. The van der Waals surface area contributed by atoms with Gasteiger partial charge in [0.15, 0.2) is 0 Å². The standard InChI is InChI=1S/C22H32N2O4S/c1-2-28-21-9-8-19(29(26,27)24-10-4-3-5-11-24)15-20(21)23-22(25)14-18-13-16-6-7-17(18)12-16/h8-9,15-18H,2-7,10-14H2,1H3,(H,23,25)/t16-,17-,18+/m1/s1. The molecule has 2 saturated carbocycles. The maximum atomic E-state index is 13.0. The molecule has 1 aliphatic heterocycles. The normalized spacial score (nSPS) is 27.1. The van der Waals surface area contributed by atoms with Crippen molar-refractivity contribution in [2.75, 3.05) is 25.0 Å². The van der Waals surface area contributed by atoms with Gasteiger partial charge in [0.25, 0.3) is 0 Å². The van der Waals surface area contributed by atoms with E-state index in [0.717, 1.165) is 31.6 Å². The highest BCUT2D eigenvalue weighted by Gasteiger charge is 2.40. The van der Waals surface area contributed by atoms with E-state index < -0.39 is 10.0 Å². The molecule has 1 amide bonds. The van der Waals surface area contributed by atoms with Gasteiger partial charge in [-0.3, -0.25) is 4.79 Å². The van der Waals surface area contributed by atoms with Crippen LogP contribution in [0.3, 0.4) is 0 Å². The van der Waals surface area contributed by atoms with E-state index in [1.54, 1.807) is 22.5 Å². The van der Waals surface area contributed by atoms with Gasteiger partial charge in [-0.25, -0.2) is 8.42 Å². The topological polar surface area (TPSA) is 75.7 Å². The van der Waals surface area contributed by atoms with Crippen molar-refractivity contribution in [3.8, 4) is 5.75 Å². The van der Waals surface area contributed by atoms with Gasteiger partial charge in [-0.15, -0.1) is 0 Å². The molecule has 3 fully saturated rings. The summed E-state index contributed by atoms with van der Waals surface area (Å²) < 4.78 is 33.3. The van der Waals surface area contributed by atoms with E-state index in [1.165, 1.54) is 19.3 Å². The number of benzene rings is 1. The molecule has 2 aliphatic carbocycles. The average Bonchev–Trinajstić information content (AvgIpc) is 3.33. The largest absolute Gasteiger partial charge is 0.492 e. The van der Waals surface area contributed by atoms with Gasteiger partial charge in [-0.2, -0.15) is 4.31 Å². The SMILES string of the molecule is CCOc1ccc(S(=O)(=O)N2CCCCC2)cc1NC(=O)C[C@@H]1C[C@@H]2CC[C@@H]1C2. The third-order valence-corrected chi connectivity index (χ3v) is 8.70. The van der Waals surface area contributed by atoms with Crippen molar-refractivity contribution < 1.29 is 17.9 Å². The summed E-state index contributed by atoms with van der Waals surface area (Å²) in [5, 5.41) is 2.95. The summed E-state index contributed by atoms with van der Waals surface area (Å²) in [6.07, 6.45) is 8.35. The lowest BCUT2D eigenvalue weighted by molar-refractivity contribution is -0.117. The molecule has 1 aromatic rings. The van der Waals surface area contributed by atoms with Crippen LogP contribution in [0.1, 0.15) is 58.3 Å². The third-order valence-electron chi connectivity index (χ3n) is 6.81. The molecule has 1 saturated heterocycles. The molecule has 1 heterocycles. The first kappa shape index (κ1) is 20.7. The zero-order valence-electron chi connectivity index (χ0n) is 17.2. The van der Waals surface area contributed by atoms with E-state index in [9.17, 15) is 13.2 Å². The third kappa shape index (κ3) is 4.45. The van der Waals surface area contributed by atoms with Crippen molar-refractivity contribution in [3.63, 3.8) is 0 Å². The number of nitrogens with one attached hydrogen (secondary N) is 1. The number of carbonyl (C=O) groups is 1. The fraction of sp³-hybridized carbons (Fsp3) is 0.682. The minimum atomic E-state index is -3.55. The summed E-state index contributed by atoms with van der Waals surface area (Å²) in [6.45, 7) is 3.44. The molecule has 4 rings (SSSR count). The van der Waals surface area contributed by atoms with Crippen molar-refractivity contribution in [2.45, 2.75) is 63.2 Å². The van der Waals surface area contributed by atoms with Crippen LogP contribution >= 0.6 is 0 Å². The predicted octanol–water partition coefficient (Wildman–Crippen LogP) is 4.02. The van der Waals surface area contributed by atoms with Crippen LogP contribution in [0.4, 0.5) is 5.69 Å². The molecule has 3 atom stereocenters. The predicted molar refractivity (Wildman–Crippen MR) is 112 cm³/mol. The van der Waals surface area contributed by atoms with Crippen LogP contribution < -0.4 is 10.1 Å². The van der Waals surface area contributed by atoms with E-state index in [1.807, 2.05) is 6.92 Å². The van der Waals surface area contributed by atoms with Gasteiger partial charge >= 0.3 is 0 Å². The van der Waals surface area contributed by atoms with Gasteiger partial charge in [0.2, 0.25) is 15.9 Å². The Labute approximate surface area is 174 Å². The number of nitrogens with zero attached hydrogens (tertiary/aromatic N) is 1. The number of hydrogen-bond donors (Lipinski definition) is 1. The fourth-order valence-corrected chi connectivity index (χ4v) is 6.91. The molecule has 1 aromatic carbocycles. The zero-order valence-corrected chi connectivity index (χ0v) is 18.0. The van der Waals surface area contributed by atoms with Crippen molar-refractivity contribution in [2.24, 2.45) is 17.8 Å². The van der Waals surface area contributed by atoms with Crippen LogP contribution in [0.15, 0.2) is 23.1 Å². The quantitative estimate of drug-likeness (QED) is 0.723. The number of sulfonamides is 1. The Morgan fingerprint density at radius 1 is 1.17 bits per heavy atom. The molecule has 29 heavy (non-hydrogen) atoms. The van der Waals surface area contributed by atoms with Crippen LogP contribution in [0.5, 0.6) is 5.75 Å². The lowest BCUT2D eigenvalue weighted by Gasteiger charge is -2.26. The maximum absolute atomic E-state index is 13.0. The minimum absolute atomic E-state index is 0.0453. The monoisotopic (exact) mass is 420 g/mol. The number of rotatable bonds is 7. The molecular formula is C22H32N2O4S. The number of ether oxygens (including phenoxy) is 1. The second-order valence-corrected chi connectivity index (χ2v) is 10.7. The summed E-state index contributed by atoms with van der Waals surface area (Å²) in [5.74, 6) is 2.42. The van der Waals surface area contributed by atoms with E-state index in [0.29, 0.717) is 49.4 Å². The van der Waals surface area contributed by atoms with Gasteiger partial charge in [0.1, 0.15) is 5.75 Å². The minimum Gasteiger partial charge on any atom is -0.492 e. The first-order valence-corrected chi connectivity index (χ1v) is 12.5. The molecule has 2 bridgehead atoms. The van der Waals surface area contributed by atoms with Crippen molar-refractivity contribution in [3.05, 3.63) is 18.2 Å². The second-order valence-electron chi connectivity index (χ2n) is 8.74. The highest BCUT2D eigenvalue weighted by molar-refractivity contribution is 7.89. The Kier molecular flexibility index (Phi) is 6.16. The lowest BCUT2D eigenvalue weighted by atomic mass is 9.86. The highest BCUT2D eigenvalue weighted by atomic mass is 32.2. The van der Waals surface area contributed by atoms with Crippen LogP contribution in [0.2, 0.25) is 0 Å². The number of fused-ring (bicyclic) bond motifs is 2. The number of anilines is 1. The van der Waals surface area contributed by atoms with Crippen molar-refractivity contribution in [1.29, 1.82) is 0 Å². The Morgan fingerprint density at radius 2 is 1.97 bits per heavy atom. The van der Waals surface area contributed by atoms with Crippen molar-refractivity contribution >= 4 is 21.6 Å². The molecule has 3 aliphatic rings. The first-order chi connectivity index (χ1) is 14.0. The Bertz CT molecular complexity index is 848. The molecule has 0 unspecified atom stereocenters. The van der Waals surface area contributed by atoms with Crippen LogP contribution in [0.25, 0.3) is 0 Å². The Hall–Kier alpha value is -1.60. The molecule has 0 aromatic heterocycles. The van der Waals surface area contributed by atoms with E-state index in [4.69, 9.17) is 4.74 Å². The molecule has 0 radical (unpaired) electrons. The smallest absolute Gasteiger partial charge is 0.243 e. The van der Waals surface area contributed by atoms with Gasteiger partial charge in [-0.1, -0.05) is 12.8 Å². The Morgan fingerprint density at radius 3 is 2.62 bits per heavy atom. The number of hydrogen-bond acceptors (Lipinski definition) is 4. The maximum Gasteiger partial charge on any atom is 0.243 e. The summed E-state index contributed by atoms with van der Waals surface area (Å²) in [6, 6.07) is 4.81. The highest BCUT2D eigenvalue weighted by Crippen LogP contribution is 2.49. The fourth-order valence-electron chi connectivity index (χ4n) is 5.37. The lowest BCUT2D eigenvalue weighted by Crippen LogP contribution is -2.35. The van der Waals surface area contributed by atoms with Gasteiger partial charge in [-0.05, 0) is 75.0 Å². The van der Waals surface area contributed by atoms with E-state index in [2.05, 4.69) is 5.32 Å². The van der Waals surface area contributed by atoms with Crippen molar-refractivity contribution in [1.82, 2.24) is 4.31 Å². The van der Waals surface area contributed by atoms with E-state index >= 15 is 0 Å². The second kappa shape index (κ2) is 8.64.